The molecule has 1 fully saturated rings. The van der Waals surface area contributed by atoms with Gasteiger partial charge in [0.25, 0.3) is 0 Å². The zero-order valence-electron chi connectivity index (χ0n) is 8.95. The van der Waals surface area contributed by atoms with Crippen molar-refractivity contribution < 1.29 is 14.2 Å². The van der Waals surface area contributed by atoms with Crippen molar-refractivity contribution in [3.63, 3.8) is 0 Å². The summed E-state index contributed by atoms with van der Waals surface area (Å²) in [5.41, 5.74) is 0. The fraction of sp³-hybridized carbons (Fsp3) is 0.455. The van der Waals surface area contributed by atoms with Gasteiger partial charge in [0.05, 0.1) is 14.2 Å². The van der Waals surface area contributed by atoms with Crippen molar-refractivity contribution in [3.8, 4) is 17.2 Å². The molecule has 2 rings (SSSR count). The third-order valence-corrected chi connectivity index (χ3v) is 2.41. The van der Waals surface area contributed by atoms with E-state index in [0.717, 1.165) is 30.3 Å². The van der Waals surface area contributed by atoms with Gasteiger partial charge in [-0.1, -0.05) is 0 Å². The molecule has 15 heavy (non-hydrogen) atoms. The Labute approximate surface area is 89.1 Å². The van der Waals surface area contributed by atoms with E-state index in [4.69, 9.17) is 14.2 Å². The second-order valence-corrected chi connectivity index (χ2v) is 3.41. The molecular weight excluding hydrogens is 194 g/mol. The van der Waals surface area contributed by atoms with E-state index in [0.29, 0.717) is 0 Å². The van der Waals surface area contributed by atoms with Crippen LogP contribution in [0.15, 0.2) is 18.2 Å². The molecule has 1 heterocycles. The molecule has 0 unspecified atom stereocenters. The van der Waals surface area contributed by atoms with Crippen molar-refractivity contribution in [2.75, 3.05) is 27.3 Å². The van der Waals surface area contributed by atoms with Crippen molar-refractivity contribution in [2.45, 2.75) is 6.10 Å². The molecule has 0 saturated carbocycles. The molecule has 0 radical (unpaired) electrons. The molecule has 0 aliphatic carbocycles. The number of hydrogen-bond acceptors (Lipinski definition) is 4. The van der Waals surface area contributed by atoms with Crippen LogP contribution in [0, 0.1) is 0 Å². The van der Waals surface area contributed by atoms with Crippen molar-refractivity contribution in [3.05, 3.63) is 18.2 Å². The third kappa shape index (κ3) is 2.15. The van der Waals surface area contributed by atoms with E-state index in [2.05, 4.69) is 5.32 Å². The van der Waals surface area contributed by atoms with Crippen LogP contribution in [0.1, 0.15) is 0 Å². The maximum absolute atomic E-state index is 5.75. The maximum Gasteiger partial charge on any atom is 0.165 e. The average Bonchev–Trinajstić information content (AvgIpc) is 2.23. The Morgan fingerprint density at radius 2 is 1.93 bits per heavy atom. The first kappa shape index (κ1) is 10.1. The lowest BCUT2D eigenvalue weighted by atomic mass is 10.2. The highest BCUT2D eigenvalue weighted by Gasteiger charge is 2.20. The number of hydrogen-bond donors (Lipinski definition) is 1. The number of rotatable bonds is 4. The van der Waals surface area contributed by atoms with E-state index in [9.17, 15) is 0 Å². The minimum atomic E-state index is 0.242. The summed E-state index contributed by atoms with van der Waals surface area (Å²) in [5, 5.41) is 3.15. The van der Waals surface area contributed by atoms with Crippen LogP contribution in [0.5, 0.6) is 17.2 Å². The number of benzene rings is 1. The maximum atomic E-state index is 5.75. The molecule has 4 nitrogen and oxygen atoms in total. The zero-order chi connectivity index (χ0) is 10.7. The number of nitrogens with one attached hydrogen (secondary N) is 1. The van der Waals surface area contributed by atoms with Crippen LogP contribution in [0.4, 0.5) is 0 Å². The first-order chi connectivity index (χ1) is 7.33. The lowest BCUT2D eigenvalue weighted by Gasteiger charge is -2.28. The first-order valence-corrected chi connectivity index (χ1v) is 4.93. The summed E-state index contributed by atoms with van der Waals surface area (Å²) < 4.78 is 16.1. The van der Waals surface area contributed by atoms with Gasteiger partial charge in [0, 0.05) is 19.2 Å². The fourth-order valence-corrected chi connectivity index (χ4v) is 1.40. The van der Waals surface area contributed by atoms with Gasteiger partial charge in [-0.3, -0.25) is 0 Å². The van der Waals surface area contributed by atoms with Gasteiger partial charge in [0.1, 0.15) is 11.9 Å². The van der Waals surface area contributed by atoms with Crippen LogP contribution in [0.25, 0.3) is 0 Å². The molecule has 4 heteroatoms. The molecule has 1 aromatic carbocycles. The van der Waals surface area contributed by atoms with Crippen molar-refractivity contribution >= 4 is 0 Å². The van der Waals surface area contributed by atoms with E-state index in [1.807, 2.05) is 18.2 Å². The first-order valence-electron chi connectivity index (χ1n) is 4.93. The predicted octanol–water partition coefficient (Wildman–Crippen LogP) is 1.05. The average molecular weight is 209 g/mol. The van der Waals surface area contributed by atoms with Gasteiger partial charge in [-0.25, -0.2) is 0 Å². The summed E-state index contributed by atoms with van der Waals surface area (Å²) in [5.74, 6) is 2.25. The Hall–Kier alpha value is -1.42. The highest BCUT2D eigenvalue weighted by Crippen LogP contribution is 2.32. The van der Waals surface area contributed by atoms with Gasteiger partial charge in [-0.2, -0.15) is 0 Å². The second-order valence-electron chi connectivity index (χ2n) is 3.41. The summed E-state index contributed by atoms with van der Waals surface area (Å²) in [6, 6.07) is 5.54. The normalized spacial score (nSPS) is 15.6. The van der Waals surface area contributed by atoms with Gasteiger partial charge >= 0.3 is 0 Å². The zero-order valence-corrected chi connectivity index (χ0v) is 8.95. The van der Waals surface area contributed by atoms with E-state index in [-0.39, 0.29) is 6.10 Å². The molecular formula is C11H15NO3. The van der Waals surface area contributed by atoms with Crippen molar-refractivity contribution in [1.82, 2.24) is 5.32 Å². The topological polar surface area (TPSA) is 39.7 Å². The predicted molar refractivity (Wildman–Crippen MR) is 56.8 cm³/mol. The Bertz CT molecular complexity index is 337. The Balaban J connectivity index is 2.16. The van der Waals surface area contributed by atoms with E-state index < -0.39 is 0 Å². The van der Waals surface area contributed by atoms with E-state index in [1.165, 1.54) is 0 Å². The van der Waals surface area contributed by atoms with Gasteiger partial charge in [0.15, 0.2) is 11.5 Å². The van der Waals surface area contributed by atoms with Crippen LogP contribution < -0.4 is 19.5 Å². The van der Waals surface area contributed by atoms with Crippen LogP contribution in [-0.4, -0.2) is 33.4 Å². The number of ether oxygens (including phenoxy) is 3. The van der Waals surface area contributed by atoms with Crippen LogP contribution in [0.3, 0.4) is 0 Å². The van der Waals surface area contributed by atoms with Crippen LogP contribution >= 0.6 is 0 Å². The summed E-state index contributed by atoms with van der Waals surface area (Å²) in [4.78, 5) is 0. The Morgan fingerprint density at radius 3 is 2.47 bits per heavy atom. The molecule has 0 amide bonds. The molecule has 0 atom stereocenters. The molecule has 0 aromatic heterocycles. The Kier molecular flexibility index (Phi) is 2.97. The largest absolute Gasteiger partial charge is 0.497 e. The molecule has 0 bridgehead atoms. The van der Waals surface area contributed by atoms with Gasteiger partial charge in [-0.15, -0.1) is 0 Å². The number of methoxy groups -OCH3 is 2. The summed E-state index contributed by atoms with van der Waals surface area (Å²) in [6.45, 7) is 1.78. The quantitative estimate of drug-likeness (QED) is 0.804. The standard InChI is InChI=1S/C11H15NO3/c1-13-8-3-4-10(14-2)11(5-8)15-9-6-12-7-9/h3-5,9,12H,6-7H2,1-2H3. The Morgan fingerprint density at radius 1 is 1.13 bits per heavy atom. The van der Waals surface area contributed by atoms with Gasteiger partial charge in [0.2, 0.25) is 0 Å². The molecule has 82 valence electrons. The second kappa shape index (κ2) is 4.40. The van der Waals surface area contributed by atoms with Crippen LogP contribution in [0.2, 0.25) is 0 Å². The van der Waals surface area contributed by atoms with Crippen LogP contribution in [-0.2, 0) is 0 Å². The molecule has 1 aliphatic heterocycles. The van der Waals surface area contributed by atoms with Gasteiger partial charge in [-0.05, 0) is 12.1 Å². The fourth-order valence-electron chi connectivity index (χ4n) is 1.40. The minimum absolute atomic E-state index is 0.242. The van der Waals surface area contributed by atoms with Crippen molar-refractivity contribution in [2.24, 2.45) is 0 Å². The lowest BCUT2D eigenvalue weighted by Crippen LogP contribution is -2.50. The summed E-state index contributed by atoms with van der Waals surface area (Å²) in [6.07, 6.45) is 0.242. The molecule has 1 aliphatic rings. The third-order valence-electron chi connectivity index (χ3n) is 2.41. The molecule has 1 saturated heterocycles. The monoisotopic (exact) mass is 209 g/mol. The van der Waals surface area contributed by atoms with Crippen molar-refractivity contribution in [1.29, 1.82) is 0 Å². The molecule has 0 spiro atoms. The smallest absolute Gasteiger partial charge is 0.165 e. The van der Waals surface area contributed by atoms with E-state index in [1.54, 1.807) is 14.2 Å². The SMILES string of the molecule is COc1ccc(OC)c(OC2CNC2)c1. The lowest BCUT2D eigenvalue weighted by molar-refractivity contribution is 0.137. The summed E-state index contributed by atoms with van der Waals surface area (Å²) in [7, 11) is 3.27. The highest BCUT2D eigenvalue weighted by atomic mass is 16.5. The summed E-state index contributed by atoms with van der Waals surface area (Å²) >= 11 is 0. The molecule has 1 aromatic rings. The minimum Gasteiger partial charge on any atom is -0.497 e. The molecule has 1 N–H and O–H groups in total. The highest BCUT2D eigenvalue weighted by molar-refractivity contribution is 5.45. The van der Waals surface area contributed by atoms with Gasteiger partial charge < -0.3 is 19.5 Å². The van der Waals surface area contributed by atoms with E-state index >= 15 is 0 Å².